The van der Waals surface area contributed by atoms with Gasteiger partial charge >= 0.3 is 5.97 Å². The van der Waals surface area contributed by atoms with E-state index >= 15 is 0 Å². The predicted molar refractivity (Wildman–Crippen MR) is 142 cm³/mol. The molecule has 0 fully saturated rings. The number of hydrogen-bond acceptors (Lipinski definition) is 6. The van der Waals surface area contributed by atoms with Gasteiger partial charge in [-0.25, -0.2) is 9.79 Å². The van der Waals surface area contributed by atoms with E-state index in [4.69, 9.17) is 4.74 Å². The lowest BCUT2D eigenvalue weighted by atomic mass is 9.96. The van der Waals surface area contributed by atoms with Crippen LogP contribution in [0, 0.1) is 6.92 Å². The van der Waals surface area contributed by atoms with Crippen LogP contribution in [0.2, 0.25) is 0 Å². The summed E-state index contributed by atoms with van der Waals surface area (Å²) in [4.78, 5) is 36.6. The van der Waals surface area contributed by atoms with Gasteiger partial charge in [0, 0.05) is 27.1 Å². The minimum atomic E-state index is -0.604. The van der Waals surface area contributed by atoms with Crippen molar-refractivity contribution >= 4 is 46.0 Å². The maximum Gasteiger partial charge on any atom is 0.338 e. The number of rotatable bonds is 5. The minimum Gasteiger partial charge on any atom is -0.463 e. The van der Waals surface area contributed by atoms with Gasteiger partial charge in [-0.15, -0.1) is 11.8 Å². The summed E-state index contributed by atoms with van der Waals surface area (Å²) in [5.41, 5.74) is 4.63. The molecule has 0 spiro atoms. The molecule has 2 aromatic heterocycles. The van der Waals surface area contributed by atoms with Gasteiger partial charge in [0.05, 0.1) is 28.5 Å². The zero-order valence-corrected chi connectivity index (χ0v) is 21.5. The van der Waals surface area contributed by atoms with Crippen LogP contribution in [0.25, 0.3) is 17.0 Å². The summed E-state index contributed by atoms with van der Waals surface area (Å²) in [7, 11) is 0. The summed E-state index contributed by atoms with van der Waals surface area (Å²) >= 11 is 2.98. The number of thiazole rings is 1. The SMILES string of the molecule is CCOC(=O)C1=C(C)N=c2sc(=Cc3c(C)[nH]c4ccccc34)c(=O)n2[C@@H]1c1ccc(SC)cc1. The van der Waals surface area contributed by atoms with E-state index in [0.717, 1.165) is 32.6 Å². The first-order valence-electron chi connectivity index (χ1n) is 11.3. The number of nitrogens with one attached hydrogen (secondary N) is 1. The van der Waals surface area contributed by atoms with Crippen molar-refractivity contribution in [1.29, 1.82) is 0 Å². The number of fused-ring (bicyclic) bond motifs is 2. The fraction of sp³-hybridized carbons (Fsp3) is 0.222. The number of esters is 1. The fourth-order valence-electron chi connectivity index (χ4n) is 4.51. The zero-order valence-electron chi connectivity index (χ0n) is 19.9. The molecule has 1 N–H and O–H groups in total. The normalized spacial score (nSPS) is 15.9. The topological polar surface area (TPSA) is 76.4 Å². The van der Waals surface area contributed by atoms with Crippen LogP contribution in [0.1, 0.15) is 36.7 Å². The Kier molecular flexibility index (Phi) is 6.25. The first-order chi connectivity index (χ1) is 16.9. The molecule has 1 aliphatic rings. The van der Waals surface area contributed by atoms with Crippen LogP contribution in [0.15, 0.2) is 74.5 Å². The Morgan fingerprint density at radius 1 is 1.20 bits per heavy atom. The number of hydrogen-bond donors (Lipinski definition) is 1. The van der Waals surface area contributed by atoms with Crippen molar-refractivity contribution in [3.05, 3.63) is 96.3 Å². The van der Waals surface area contributed by atoms with Crippen LogP contribution in [0.5, 0.6) is 0 Å². The highest BCUT2D eigenvalue weighted by molar-refractivity contribution is 7.98. The van der Waals surface area contributed by atoms with Gasteiger partial charge in [0.15, 0.2) is 4.80 Å². The summed E-state index contributed by atoms with van der Waals surface area (Å²) in [6.45, 7) is 5.82. The number of ether oxygens (including phenoxy) is 1. The molecule has 8 heteroatoms. The molecule has 1 atom stereocenters. The Hall–Kier alpha value is -3.36. The number of para-hydroxylation sites is 1. The van der Waals surface area contributed by atoms with E-state index in [-0.39, 0.29) is 12.2 Å². The number of allylic oxidation sites excluding steroid dienone is 1. The lowest BCUT2D eigenvalue weighted by molar-refractivity contribution is -0.139. The Morgan fingerprint density at radius 3 is 2.66 bits per heavy atom. The minimum absolute atomic E-state index is 0.174. The van der Waals surface area contributed by atoms with E-state index < -0.39 is 12.0 Å². The fourth-order valence-corrected chi connectivity index (χ4v) is 5.95. The van der Waals surface area contributed by atoms with Gasteiger partial charge < -0.3 is 9.72 Å². The summed E-state index contributed by atoms with van der Waals surface area (Å²) in [5, 5.41) is 1.06. The molecule has 0 aliphatic carbocycles. The second kappa shape index (κ2) is 9.36. The standard InChI is InChI=1S/C27H25N3O3S2/c1-5-33-26(32)23-16(3)29-27-30(24(23)17-10-12-18(34-4)13-11-17)25(31)22(35-27)14-20-15(2)28-21-9-7-6-8-19(20)21/h6-14,24,28H,5H2,1-4H3/t24-/m1/s1. The van der Waals surface area contributed by atoms with Crippen LogP contribution in [-0.2, 0) is 9.53 Å². The lowest BCUT2D eigenvalue weighted by Crippen LogP contribution is -2.39. The van der Waals surface area contributed by atoms with Crippen molar-refractivity contribution < 1.29 is 9.53 Å². The highest BCUT2D eigenvalue weighted by Crippen LogP contribution is 2.31. The number of nitrogens with zero attached hydrogens (tertiary/aromatic N) is 2. The van der Waals surface area contributed by atoms with E-state index in [0.29, 0.717) is 20.6 Å². The van der Waals surface area contributed by atoms with Gasteiger partial charge in [-0.3, -0.25) is 9.36 Å². The number of aryl methyl sites for hydroxylation is 1. The highest BCUT2D eigenvalue weighted by Gasteiger charge is 2.33. The van der Waals surface area contributed by atoms with Crippen LogP contribution in [0.4, 0.5) is 0 Å². The van der Waals surface area contributed by atoms with Gasteiger partial charge in [0.2, 0.25) is 0 Å². The van der Waals surface area contributed by atoms with Crippen molar-refractivity contribution in [3.63, 3.8) is 0 Å². The van der Waals surface area contributed by atoms with Crippen molar-refractivity contribution in [3.8, 4) is 0 Å². The molecule has 0 radical (unpaired) electrons. The molecule has 35 heavy (non-hydrogen) atoms. The molecule has 2 aromatic carbocycles. The van der Waals surface area contributed by atoms with Gasteiger partial charge in [0.1, 0.15) is 0 Å². The average molecular weight is 504 g/mol. The molecule has 6 nitrogen and oxygen atoms in total. The second-order valence-electron chi connectivity index (χ2n) is 8.28. The largest absolute Gasteiger partial charge is 0.463 e. The van der Waals surface area contributed by atoms with E-state index in [9.17, 15) is 9.59 Å². The first kappa shape index (κ1) is 23.4. The van der Waals surface area contributed by atoms with Crippen LogP contribution >= 0.6 is 23.1 Å². The number of benzene rings is 2. The second-order valence-corrected chi connectivity index (χ2v) is 10.2. The summed E-state index contributed by atoms with van der Waals surface area (Å²) in [5.74, 6) is -0.450. The van der Waals surface area contributed by atoms with E-state index in [2.05, 4.69) is 9.98 Å². The summed E-state index contributed by atoms with van der Waals surface area (Å²) in [6, 6.07) is 15.4. The summed E-state index contributed by atoms with van der Waals surface area (Å²) < 4.78 is 7.58. The molecule has 0 unspecified atom stereocenters. The van der Waals surface area contributed by atoms with Crippen molar-refractivity contribution in [1.82, 2.24) is 9.55 Å². The van der Waals surface area contributed by atoms with E-state index in [1.165, 1.54) is 11.3 Å². The molecule has 5 rings (SSSR count). The van der Waals surface area contributed by atoms with E-state index in [1.807, 2.05) is 67.8 Å². The zero-order chi connectivity index (χ0) is 24.7. The number of aromatic nitrogens is 2. The Bertz CT molecular complexity index is 1660. The molecule has 0 bridgehead atoms. The molecule has 178 valence electrons. The van der Waals surface area contributed by atoms with Crippen molar-refractivity contribution in [2.24, 2.45) is 4.99 Å². The molecular weight excluding hydrogens is 478 g/mol. The number of carbonyl (C=O) groups excluding carboxylic acids is 1. The molecular formula is C27H25N3O3S2. The van der Waals surface area contributed by atoms with Gasteiger partial charge in [0.25, 0.3) is 5.56 Å². The smallest absolute Gasteiger partial charge is 0.338 e. The maximum absolute atomic E-state index is 13.8. The van der Waals surface area contributed by atoms with Crippen molar-refractivity contribution in [2.75, 3.05) is 12.9 Å². The Morgan fingerprint density at radius 2 is 1.94 bits per heavy atom. The summed E-state index contributed by atoms with van der Waals surface area (Å²) in [6.07, 6.45) is 3.94. The van der Waals surface area contributed by atoms with Crippen molar-refractivity contribution in [2.45, 2.75) is 31.7 Å². The van der Waals surface area contributed by atoms with Crippen LogP contribution in [-0.4, -0.2) is 28.4 Å². The van der Waals surface area contributed by atoms with E-state index in [1.54, 1.807) is 30.2 Å². The van der Waals surface area contributed by atoms with Gasteiger partial charge in [-0.1, -0.05) is 41.7 Å². The third kappa shape index (κ3) is 4.06. The quantitative estimate of drug-likeness (QED) is 0.325. The number of aromatic amines is 1. The van der Waals surface area contributed by atoms with Gasteiger partial charge in [-0.05, 0) is 56.9 Å². The first-order valence-corrected chi connectivity index (χ1v) is 13.4. The molecule has 3 heterocycles. The number of carbonyl (C=O) groups is 1. The highest BCUT2D eigenvalue weighted by atomic mass is 32.2. The molecule has 1 aliphatic heterocycles. The molecule has 0 saturated heterocycles. The van der Waals surface area contributed by atoms with Gasteiger partial charge in [-0.2, -0.15) is 0 Å². The number of H-pyrrole nitrogens is 1. The maximum atomic E-state index is 13.8. The monoisotopic (exact) mass is 503 g/mol. The Labute approximate surface area is 210 Å². The third-order valence-corrected chi connectivity index (χ3v) is 7.89. The lowest BCUT2D eigenvalue weighted by Gasteiger charge is -2.24. The number of thioether (sulfide) groups is 1. The molecule has 0 amide bonds. The molecule has 0 saturated carbocycles. The molecule has 4 aromatic rings. The average Bonchev–Trinajstić information content (AvgIpc) is 3.34. The third-order valence-electron chi connectivity index (χ3n) is 6.17. The predicted octanol–water partition coefficient (Wildman–Crippen LogP) is 4.31. The Balaban J connectivity index is 1.75. The van der Waals surface area contributed by atoms with Crippen LogP contribution in [0.3, 0.4) is 0 Å². The van der Waals surface area contributed by atoms with Crippen LogP contribution < -0.4 is 14.9 Å².